The molecule has 0 saturated heterocycles. The molecule has 2 nitrogen and oxygen atoms in total. The second kappa shape index (κ2) is 9.02. The number of nitriles is 1. The van der Waals surface area contributed by atoms with Crippen molar-refractivity contribution in [2.24, 2.45) is 5.92 Å². The van der Waals surface area contributed by atoms with Gasteiger partial charge in [-0.05, 0) is 31.8 Å². The van der Waals surface area contributed by atoms with Crippen LogP contribution in [0.1, 0.15) is 46.5 Å². The van der Waals surface area contributed by atoms with Crippen LogP contribution in [0.3, 0.4) is 0 Å². The fourth-order valence-corrected chi connectivity index (χ4v) is 1.47. The lowest BCUT2D eigenvalue weighted by Gasteiger charge is -2.21. The smallest absolute Gasteiger partial charge is 0.0635 e. The van der Waals surface area contributed by atoms with Crippen LogP contribution in [0, 0.1) is 17.2 Å². The van der Waals surface area contributed by atoms with E-state index in [2.05, 4.69) is 31.7 Å². The van der Waals surface area contributed by atoms with Gasteiger partial charge in [0, 0.05) is 13.0 Å². The van der Waals surface area contributed by atoms with E-state index in [1.54, 1.807) is 0 Å². The average Bonchev–Trinajstić information content (AvgIpc) is 2.21. The van der Waals surface area contributed by atoms with Gasteiger partial charge in [0.15, 0.2) is 0 Å². The van der Waals surface area contributed by atoms with Crippen LogP contribution >= 0.6 is 0 Å². The van der Waals surface area contributed by atoms with Crippen molar-refractivity contribution in [2.75, 3.05) is 19.6 Å². The minimum absolute atomic E-state index is 0.667. The molecule has 1 atom stereocenters. The molecule has 0 rings (SSSR count). The Labute approximate surface area is 88.9 Å². The minimum atomic E-state index is 0.667. The molecule has 0 aromatic carbocycles. The molecule has 0 heterocycles. The Morgan fingerprint density at radius 2 is 1.93 bits per heavy atom. The summed E-state index contributed by atoms with van der Waals surface area (Å²) in [6.07, 6.45) is 4.38. The highest BCUT2D eigenvalue weighted by molar-refractivity contribution is 4.72. The number of hydrogen-bond donors (Lipinski definition) is 0. The molecule has 0 aliphatic rings. The van der Waals surface area contributed by atoms with Gasteiger partial charge >= 0.3 is 0 Å². The maximum atomic E-state index is 8.53. The SMILES string of the molecule is CCCN(CCC#N)CCC(C)CC. The molecule has 0 radical (unpaired) electrons. The molecule has 0 aliphatic carbocycles. The molecule has 0 spiro atoms. The second-order valence-electron chi connectivity index (χ2n) is 4.05. The summed E-state index contributed by atoms with van der Waals surface area (Å²) in [6.45, 7) is 9.98. The highest BCUT2D eigenvalue weighted by Crippen LogP contribution is 2.08. The van der Waals surface area contributed by atoms with E-state index in [-0.39, 0.29) is 0 Å². The molecule has 82 valence electrons. The van der Waals surface area contributed by atoms with Gasteiger partial charge in [-0.25, -0.2) is 0 Å². The predicted octanol–water partition coefficient (Wildman–Crippen LogP) is 3.05. The molecule has 0 aromatic rings. The zero-order chi connectivity index (χ0) is 10.8. The maximum Gasteiger partial charge on any atom is 0.0635 e. The van der Waals surface area contributed by atoms with Gasteiger partial charge in [0.25, 0.3) is 0 Å². The monoisotopic (exact) mass is 196 g/mol. The van der Waals surface area contributed by atoms with Crippen molar-refractivity contribution < 1.29 is 0 Å². The number of rotatable bonds is 8. The van der Waals surface area contributed by atoms with Gasteiger partial charge in [-0.1, -0.05) is 27.2 Å². The van der Waals surface area contributed by atoms with Crippen LogP contribution in [-0.4, -0.2) is 24.5 Å². The highest BCUT2D eigenvalue weighted by atomic mass is 15.1. The molecule has 0 bridgehead atoms. The van der Waals surface area contributed by atoms with Crippen molar-refractivity contribution in [3.63, 3.8) is 0 Å². The fourth-order valence-electron chi connectivity index (χ4n) is 1.47. The lowest BCUT2D eigenvalue weighted by atomic mass is 10.1. The highest BCUT2D eigenvalue weighted by Gasteiger charge is 2.05. The van der Waals surface area contributed by atoms with Gasteiger partial charge in [-0.15, -0.1) is 0 Å². The van der Waals surface area contributed by atoms with E-state index in [4.69, 9.17) is 5.26 Å². The van der Waals surface area contributed by atoms with E-state index in [9.17, 15) is 0 Å². The van der Waals surface area contributed by atoms with Crippen LogP contribution in [0.25, 0.3) is 0 Å². The van der Waals surface area contributed by atoms with Gasteiger partial charge in [-0.2, -0.15) is 5.26 Å². The van der Waals surface area contributed by atoms with Gasteiger partial charge in [0.2, 0.25) is 0 Å². The number of nitrogens with zero attached hydrogens (tertiary/aromatic N) is 2. The van der Waals surface area contributed by atoms with Crippen LogP contribution in [-0.2, 0) is 0 Å². The molecule has 0 aromatic heterocycles. The molecule has 2 heteroatoms. The Bertz CT molecular complexity index is 160. The Morgan fingerprint density at radius 1 is 1.21 bits per heavy atom. The topological polar surface area (TPSA) is 27.0 Å². The summed E-state index contributed by atoms with van der Waals surface area (Å²) < 4.78 is 0. The van der Waals surface area contributed by atoms with E-state index < -0.39 is 0 Å². The molecule has 0 fully saturated rings. The summed E-state index contributed by atoms with van der Waals surface area (Å²) in [7, 11) is 0. The van der Waals surface area contributed by atoms with E-state index in [0.717, 1.165) is 25.6 Å². The summed E-state index contributed by atoms with van der Waals surface area (Å²) in [4.78, 5) is 2.41. The summed E-state index contributed by atoms with van der Waals surface area (Å²) in [5.41, 5.74) is 0. The molecule has 14 heavy (non-hydrogen) atoms. The van der Waals surface area contributed by atoms with Crippen molar-refractivity contribution in [3.05, 3.63) is 0 Å². The standard InChI is InChI=1S/C12H24N2/c1-4-9-14(10-6-8-13)11-7-12(3)5-2/h12H,4-7,9-11H2,1-3H3. The quantitative estimate of drug-likeness (QED) is 0.596. The lowest BCUT2D eigenvalue weighted by molar-refractivity contribution is 0.258. The Kier molecular flexibility index (Phi) is 8.67. The summed E-state index contributed by atoms with van der Waals surface area (Å²) in [6, 6.07) is 2.22. The first-order valence-corrected chi connectivity index (χ1v) is 5.83. The molecule has 1 unspecified atom stereocenters. The molecule has 0 amide bonds. The van der Waals surface area contributed by atoms with E-state index in [1.165, 1.54) is 19.3 Å². The van der Waals surface area contributed by atoms with Gasteiger partial charge in [0.05, 0.1) is 6.07 Å². The molecule has 0 N–H and O–H groups in total. The third-order valence-corrected chi connectivity index (χ3v) is 2.71. The first-order valence-electron chi connectivity index (χ1n) is 5.83. The summed E-state index contributed by atoms with van der Waals surface area (Å²) in [5, 5.41) is 8.53. The third-order valence-electron chi connectivity index (χ3n) is 2.71. The summed E-state index contributed by atoms with van der Waals surface area (Å²) >= 11 is 0. The first-order chi connectivity index (χ1) is 6.74. The Morgan fingerprint density at radius 3 is 2.43 bits per heavy atom. The van der Waals surface area contributed by atoms with Gasteiger partial charge < -0.3 is 4.90 Å². The van der Waals surface area contributed by atoms with Crippen LogP contribution in [0.4, 0.5) is 0 Å². The van der Waals surface area contributed by atoms with E-state index >= 15 is 0 Å². The zero-order valence-corrected chi connectivity index (χ0v) is 9.92. The van der Waals surface area contributed by atoms with Crippen LogP contribution in [0.2, 0.25) is 0 Å². The fraction of sp³-hybridized carbons (Fsp3) is 0.917. The molecular formula is C12H24N2. The predicted molar refractivity (Wildman–Crippen MR) is 61.0 cm³/mol. The van der Waals surface area contributed by atoms with Gasteiger partial charge in [-0.3, -0.25) is 0 Å². The summed E-state index contributed by atoms with van der Waals surface area (Å²) in [5.74, 6) is 0.816. The van der Waals surface area contributed by atoms with Gasteiger partial charge in [0.1, 0.15) is 0 Å². The van der Waals surface area contributed by atoms with Crippen molar-refractivity contribution in [1.82, 2.24) is 4.90 Å². The van der Waals surface area contributed by atoms with Crippen molar-refractivity contribution in [3.8, 4) is 6.07 Å². The molecule has 0 aliphatic heterocycles. The normalized spacial score (nSPS) is 12.8. The molecular weight excluding hydrogens is 172 g/mol. The third kappa shape index (κ3) is 6.91. The average molecular weight is 196 g/mol. The minimum Gasteiger partial charge on any atom is -0.302 e. The van der Waals surface area contributed by atoms with Crippen molar-refractivity contribution >= 4 is 0 Å². The van der Waals surface area contributed by atoms with E-state index in [1.807, 2.05) is 0 Å². The Hall–Kier alpha value is -0.550. The Balaban J connectivity index is 3.67. The largest absolute Gasteiger partial charge is 0.302 e. The zero-order valence-electron chi connectivity index (χ0n) is 9.92. The second-order valence-corrected chi connectivity index (χ2v) is 4.05. The van der Waals surface area contributed by atoms with Crippen molar-refractivity contribution in [2.45, 2.75) is 46.5 Å². The lowest BCUT2D eigenvalue weighted by Crippen LogP contribution is -2.27. The van der Waals surface area contributed by atoms with Crippen LogP contribution in [0.15, 0.2) is 0 Å². The molecule has 0 saturated carbocycles. The van der Waals surface area contributed by atoms with Crippen LogP contribution in [0.5, 0.6) is 0 Å². The van der Waals surface area contributed by atoms with E-state index in [0.29, 0.717) is 6.42 Å². The first kappa shape index (κ1) is 13.4. The van der Waals surface area contributed by atoms with Crippen LogP contribution < -0.4 is 0 Å². The van der Waals surface area contributed by atoms with Crippen molar-refractivity contribution in [1.29, 1.82) is 5.26 Å². The maximum absolute atomic E-state index is 8.53. The number of hydrogen-bond acceptors (Lipinski definition) is 2.